The minimum Gasteiger partial charge on any atom is -0.341 e. The zero-order valence-electron chi connectivity index (χ0n) is 10.6. The molecule has 0 saturated heterocycles. The highest BCUT2D eigenvalue weighted by Gasteiger charge is 2.05. The average Bonchev–Trinajstić information content (AvgIpc) is 2.75. The van der Waals surface area contributed by atoms with Gasteiger partial charge in [0.25, 0.3) is 0 Å². The molecule has 17 heavy (non-hydrogen) atoms. The van der Waals surface area contributed by atoms with Crippen LogP contribution in [0.4, 0.5) is 0 Å². The van der Waals surface area contributed by atoms with E-state index in [0.717, 1.165) is 18.1 Å². The zero-order valence-corrected chi connectivity index (χ0v) is 10.6. The van der Waals surface area contributed by atoms with E-state index in [1.165, 1.54) is 11.1 Å². The fraction of sp³-hybridized carbons (Fsp3) is 0.357. The second kappa shape index (κ2) is 5.15. The summed E-state index contributed by atoms with van der Waals surface area (Å²) in [5.74, 6) is 0.948. The van der Waals surface area contributed by atoms with Crippen LogP contribution in [0.25, 0.3) is 11.4 Å². The Hall–Kier alpha value is -1.61. The fourth-order valence-corrected chi connectivity index (χ4v) is 1.74. The summed E-state index contributed by atoms with van der Waals surface area (Å²) in [6, 6.07) is 8.76. The Morgan fingerprint density at radius 1 is 1.29 bits per heavy atom. The predicted molar refractivity (Wildman–Crippen MR) is 70.7 cm³/mol. The van der Waals surface area contributed by atoms with E-state index < -0.39 is 0 Å². The third kappa shape index (κ3) is 2.94. The summed E-state index contributed by atoms with van der Waals surface area (Å²) < 4.78 is 0. The van der Waals surface area contributed by atoms with E-state index >= 15 is 0 Å². The minimum absolute atomic E-state index is 0.486. The number of rotatable bonds is 4. The van der Waals surface area contributed by atoms with Gasteiger partial charge < -0.3 is 10.3 Å². The molecule has 0 spiro atoms. The van der Waals surface area contributed by atoms with Gasteiger partial charge in [-0.1, -0.05) is 38.1 Å². The molecule has 0 aliphatic rings. The van der Waals surface area contributed by atoms with Gasteiger partial charge in [0.05, 0.1) is 0 Å². The second-order valence-corrected chi connectivity index (χ2v) is 4.61. The summed E-state index contributed by atoms with van der Waals surface area (Å²) in [6.07, 6.45) is 1.90. The van der Waals surface area contributed by atoms with Crippen LogP contribution in [0.1, 0.15) is 25.1 Å². The largest absolute Gasteiger partial charge is 0.341 e. The summed E-state index contributed by atoms with van der Waals surface area (Å²) in [7, 11) is 0. The third-order valence-corrected chi connectivity index (χ3v) is 2.73. The first kappa shape index (κ1) is 11.9. The summed E-state index contributed by atoms with van der Waals surface area (Å²) in [5, 5.41) is 3.37. The molecule has 3 heteroatoms. The maximum atomic E-state index is 4.43. The van der Waals surface area contributed by atoms with E-state index in [-0.39, 0.29) is 0 Å². The Morgan fingerprint density at radius 2 is 2.06 bits per heavy atom. The van der Waals surface area contributed by atoms with Crippen molar-refractivity contribution in [2.24, 2.45) is 0 Å². The van der Waals surface area contributed by atoms with E-state index in [2.05, 4.69) is 48.2 Å². The van der Waals surface area contributed by atoms with Crippen LogP contribution in [0.2, 0.25) is 0 Å². The molecule has 0 unspecified atom stereocenters. The highest BCUT2D eigenvalue weighted by atomic mass is 15.0. The number of benzene rings is 1. The highest BCUT2D eigenvalue weighted by molar-refractivity contribution is 5.59. The lowest BCUT2D eigenvalue weighted by atomic mass is 10.1. The summed E-state index contributed by atoms with van der Waals surface area (Å²) in [5.41, 5.74) is 3.53. The minimum atomic E-state index is 0.486. The van der Waals surface area contributed by atoms with Crippen LogP contribution < -0.4 is 5.32 Å². The maximum Gasteiger partial charge on any atom is 0.137 e. The number of hydrogen-bond acceptors (Lipinski definition) is 2. The van der Waals surface area contributed by atoms with Crippen LogP contribution >= 0.6 is 0 Å². The molecule has 90 valence electrons. The fourth-order valence-electron chi connectivity index (χ4n) is 1.74. The Balaban J connectivity index is 2.16. The topological polar surface area (TPSA) is 40.7 Å². The molecule has 1 aromatic heterocycles. The van der Waals surface area contributed by atoms with E-state index in [1.54, 1.807) is 0 Å². The van der Waals surface area contributed by atoms with Crippen molar-refractivity contribution >= 4 is 0 Å². The van der Waals surface area contributed by atoms with E-state index in [0.29, 0.717) is 6.04 Å². The molecule has 0 amide bonds. The first-order valence-electron chi connectivity index (χ1n) is 6.00. The molecule has 2 N–H and O–H groups in total. The Kier molecular flexibility index (Phi) is 3.59. The second-order valence-electron chi connectivity index (χ2n) is 4.61. The van der Waals surface area contributed by atoms with Gasteiger partial charge >= 0.3 is 0 Å². The normalized spacial score (nSPS) is 11.1. The van der Waals surface area contributed by atoms with Gasteiger partial charge in [-0.25, -0.2) is 4.98 Å². The van der Waals surface area contributed by atoms with Crippen molar-refractivity contribution in [3.63, 3.8) is 0 Å². The van der Waals surface area contributed by atoms with Crippen LogP contribution in [0, 0.1) is 6.92 Å². The first-order valence-corrected chi connectivity index (χ1v) is 6.00. The Bertz CT molecular complexity index is 486. The number of hydrogen-bond donors (Lipinski definition) is 2. The van der Waals surface area contributed by atoms with Crippen LogP contribution in [0.3, 0.4) is 0 Å². The first-order chi connectivity index (χ1) is 8.16. The van der Waals surface area contributed by atoms with Crippen molar-refractivity contribution in [2.75, 3.05) is 0 Å². The van der Waals surface area contributed by atoms with Crippen molar-refractivity contribution in [2.45, 2.75) is 33.4 Å². The van der Waals surface area contributed by atoms with E-state index in [1.807, 2.05) is 18.3 Å². The molecule has 0 aliphatic carbocycles. The molecule has 0 bridgehead atoms. The Labute approximate surface area is 102 Å². The molecular weight excluding hydrogens is 210 g/mol. The molecule has 0 fully saturated rings. The van der Waals surface area contributed by atoms with Gasteiger partial charge in [0.15, 0.2) is 0 Å². The van der Waals surface area contributed by atoms with Crippen LogP contribution in [0.15, 0.2) is 30.5 Å². The average molecular weight is 229 g/mol. The van der Waals surface area contributed by atoms with Crippen LogP contribution in [-0.4, -0.2) is 16.0 Å². The van der Waals surface area contributed by atoms with Crippen LogP contribution in [0.5, 0.6) is 0 Å². The van der Waals surface area contributed by atoms with Crippen molar-refractivity contribution in [3.8, 4) is 11.4 Å². The van der Waals surface area contributed by atoms with Crippen LogP contribution in [-0.2, 0) is 6.54 Å². The van der Waals surface area contributed by atoms with Gasteiger partial charge in [-0.05, 0) is 12.5 Å². The van der Waals surface area contributed by atoms with Gasteiger partial charge in [-0.3, -0.25) is 0 Å². The maximum absolute atomic E-state index is 4.43. The molecule has 2 aromatic rings. The summed E-state index contributed by atoms with van der Waals surface area (Å²) >= 11 is 0. The number of nitrogens with one attached hydrogen (secondary N) is 2. The monoisotopic (exact) mass is 229 g/mol. The molecule has 2 rings (SSSR count). The molecule has 1 heterocycles. The van der Waals surface area contributed by atoms with Crippen molar-refractivity contribution in [1.29, 1.82) is 0 Å². The molecule has 0 saturated carbocycles. The van der Waals surface area contributed by atoms with E-state index in [9.17, 15) is 0 Å². The molecular formula is C14H19N3. The highest BCUT2D eigenvalue weighted by Crippen LogP contribution is 2.19. The number of aryl methyl sites for hydroxylation is 1. The van der Waals surface area contributed by atoms with Crippen molar-refractivity contribution < 1.29 is 0 Å². The quantitative estimate of drug-likeness (QED) is 0.846. The van der Waals surface area contributed by atoms with E-state index in [4.69, 9.17) is 0 Å². The Morgan fingerprint density at radius 3 is 2.76 bits per heavy atom. The number of H-pyrrole nitrogens is 1. The van der Waals surface area contributed by atoms with Gasteiger partial charge in [0.2, 0.25) is 0 Å². The SMILES string of the molecule is Cc1ccccc1-c1ncc(CNC(C)C)[nH]1. The molecule has 1 aromatic carbocycles. The van der Waals surface area contributed by atoms with Gasteiger partial charge in [-0.2, -0.15) is 0 Å². The number of aromatic amines is 1. The smallest absolute Gasteiger partial charge is 0.137 e. The molecule has 0 aliphatic heterocycles. The van der Waals surface area contributed by atoms with Gasteiger partial charge in [-0.15, -0.1) is 0 Å². The number of nitrogens with zero attached hydrogens (tertiary/aromatic N) is 1. The van der Waals surface area contributed by atoms with Crippen molar-refractivity contribution in [3.05, 3.63) is 41.7 Å². The molecule has 0 atom stereocenters. The predicted octanol–water partition coefficient (Wildman–Crippen LogP) is 2.88. The lowest BCUT2D eigenvalue weighted by molar-refractivity contribution is 0.583. The number of imidazole rings is 1. The lowest BCUT2D eigenvalue weighted by Gasteiger charge is -2.05. The summed E-state index contributed by atoms with van der Waals surface area (Å²) in [4.78, 5) is 7.78. The lowest BCUT2D eigenvalue weighted by Crippen LogP contribution is -2.21. The third-order valence-electron chi connectivity index (χ3n) is 2.73. The standard InChI is InChI=1S/C14H19N3/c1-10(2)15-8-12-9-16-14(17-12)13-7-5-4-6-11(13)3/h4-7,9-10,15H,8H2,1-3H3,(H,16,17). The van der Waals surface area contributed by atoms with Gasteiger partial charge in [0, 0.05) is 30.0 Å². The zero-order chi connectivity index (χ0) is 12.3. The number of aromatic nitrogens is 2. The van der Waals surface area contributed by atoms with Gasteiger partial charge in [0.1, 0.15) is 5.82 Å². The summed E-state index contributed by atoms with van der Waals surface area (Å²) in [6.45, 7) is 7.21. The van der Waals surface area contributed by atoms with Crippen molar-refractivity contribution in [1.82, 2.24) is 15.3 Å². The molecule has 0 radical (unpaired) electrons. The molecule has 3 nitrogen and oxygen atoms in total.